The minimum atomic E-state index is -3.64. The second kappa shape index (κ2) is 5.94. The number of rotatable bonds is 3. The van der Waals surface area contributed by atoms with Gasteiger partial charge < -0.3 is 5.73 Å². The number of halogens is 2. The fourth-order valence-corrected chi connectivity index (χ4v) is 6.21. The molecule has 0 bridgehead atoms. The van der Waals surface area contributed by atoms with Crippen molar-refractivity contribution in [1.29, 1.82) is 0 Å². The van der Waals surface area contributed by atoms with Gasteiger partial charge in [-0.3, -0.25) is 0 Å². The summed E-state index contributed by atoms with van der Waals surface area (Å²) in [7, 11) is -3.64. The molecule has 20 heavy (non-hydrogen) atoms. The Kier molecular flexibility index (Phi) is 4.83. The molecule has 4 nitrogen and oxygen atoms in total. The van der Waals surface area contributed by atoms with E-state index in [2.05, 4.69) is 36.6 Å². The first kappa shape index (κ1) is 16.3. The summed E-state index contributed by atoms with van der Waals surface area (Å²) in [6.45, 7) is 1.96. The van der Waals surface area contributed by atoms with E-state index in [4.69, 9.17) is 5.73 Å². The van der Waals surface area contributed by atoms with E-state index in [9.17, 15) is 8.42 Å². The highest BCUT2D eigenvalue weighted by molar-refractivity contribution is 9.11. The van der Waals surface area contributed by atoms with Crippen LogP contribution in [0.4, 0.5) is 5.69 Å². The average Bonchev–Trinajstić information content (AvgIpc) is 2.25. The molecule has 0 aliphatic heterocycles. The second-order valence-electron chi connectivity index (χ2n) is 5.53. The molecule has 0 aromatic heterocycles. The van der Waals surface area contributed by atoms with Gasteiger partial charge in [-0.2, -0.15) is 0 Å². The van der Waals surface area contributed by atoms with Gasteiger partial charge in [0, 0.05) is 14.5 Å². The summed E-state index contributed by atoms with van der Waals surface area (Å²) in [5.74, 6) is 0. The van der Waals surface area contributed by atoms with Crippen LogP contribution in [0.1, 0.15) is 39.0 Å². The molecule has 1 saturated carbocycles. The van der Waals surface area contributed by atoms with Crippen molar-refractivity contribution < 1.29 is 8.42 Å². The van der Waals surface area contributed by atoms with Gasteiger partial charge in [0.05, 0.1) is 5.69 Å². The van der Waals surface area contributed by atoms with Gasteiger partial charge in [0.25, 0.3) is 0 Å². The lowest BCUT2D eigenvalue weighted by molar-refractivity contribution is 0.294. The number of hydrogen-bond acceptors (Lipinski definition) is 3. The molecular weight excluding hydrogens is 408 g/mol. The lowest BCUT2D eigenvalue weighted by atomic mass is 9.84. The van der Waals surface area contributed by atoms with Crippen molar-refractivity contribution in [3.05, 3.63) is 21.1 Å². The van der Waals surface area contributed by atoms with Gasteiger partial charge in [-0.05, 0) is 47.8 Å². The summed E-state index contributed by atoms with van der Waals surface area (Å²) in [4.78, 5) is 0.118. The van der Waals surface area contributed by atoms with Crippen molar-refractivity contribution in [2.45, 2.75) is 49.5 Å². The zero-order valence-electron chi connectivity index (χ0n) is 11.2. The first-order chi connectivity index (χ1) is 9.23. The van der Waals surface area contributed by atoms with E-state index in [1.165, 1.54) is 6.42 Å². The minimum Gasteiger partial charge on any atom is -0.398 e. The monoisotopic (exact) mass is 424 g/mol. The topological polar surface area (TPSA) is 72.2 Å². The lowest BCUT2D eigenvalue weighted by Gasteiger charge is -2.34. The smallest absolute Gasteiger partial charge is 0.244 e. The Bertz CT molecular complexity index is 588. The third-order valence-corrected chi connectivity index (χ3v) is 6.74. The average molecular weight is 426 g/mol. The molecule has 1 fully saturated rings. The van der Waals surface area contributed by atoms with Gasteiger partial charge in [0.1, 0.15) is 4.90 Å². The quantitative estimate of drug-likeness (QED) is 0.723. The van der Waals surface area contributed by atoms with Crippen LogP contribution in [0.5, 0.6) is 0 Å². The molecule has 0 unspecified atom stereocenters. The van der Waals surface area contributed by atoms with Crippen LogP contribution >= 0.6 is 31.9 Å². The van der Waals surface area contributed by atoms with Crippen LogP contribution in [0.2, 0.25) is 0 Å². The minimum absolute atomic E-state index is 0.118. The number of benzene rings is 1. The van der Waals surface area contributed by atoms with Crippen molar-refractivity contribution in [3.63, 3.8) is 0 Å². The Morgan fingerprint density at radius 3 is 2.35 bits per heavy atom. The van der Waals surface area contributed by atoms with E-state index in [-0.39, 0.29) is 16.1 Å². The molecule has 1 aromatic rings. The summed E-state index contributed by atoms with van der Waals surface area (Å²) in [6, 6.07) is 3.29. The van der Waals surface area contributed by atoms with E-state index in [1.807, 2.05) is 6.92 Å². The Morgan fingerprint density at radius 1 is 1.20 bits per heavy atom. The van der Waals surface area contributed by atoms with Crippen LogP contribution in [-0.2, 0) is 10.0 Å². The second-order valence-corrected chi connectivity index (χ2v) is 8.92. The maximum absolute atomic E-state index is 12.6. The van der Waals surface area contributed by atoms with Crippen molar-refractivity contribution in [2.24, 2.45) is 0 Å². The molecule has 0 spiro atoms. The summed E-state index contributed by atoms with van der Waals surface area (Å²) in [5, 5.41) is 0. The molecule has 2 rings (SSSR count). The van der Waals surface area contributed by atoms with Gasteiger partial charge in [-0.25, -0.2) is 13.1 Å². The molecule has 0 saturated heterocycles. The van der Waals surface area contributed by atoms with E-state index in [0.717, 1.165) is 30.2 Å². The number of nitrogens with one attached hydrogen (secondary N) is 1. The van der Waals surface area contributed by atoms with Gasteiger partial charge in [0.2, 0.25) is 10.0 Å². The maximum Gasteiger partial charge on any atom is 0.244 e. The summed E-state index contributed by atoms with van der Waals surface area (Å²) >= 11 is 6.58. The van der Waals surface area contributed by atoms with Gasteiger partial charge in [-0.15, -0.1) is 0 Å². The summed E-state index contributed by atoms with van der Waals surface area (Å²) in [5.41, 5.74) is 5.73. The zero-order chi connectivity index (χ0) is 15.0. The zero-order valence-corrected chi connectivity index (χ0v) is 15.2. The SMILES string of the molecule is CC1(NS(=O)(=O)c2c(N)cc(Br)cc2Br)CCCCC1. The predicted octanol–water partition coefficient (Wildman–Crippen LogP) is 3.79. The third-order valence-electron chi connectivity index (χ3n) is 3.64. The van der Waals surface area contributed by atoms with E-state index in [1.54, 1.807) is 12.1 Å². The molecular formula is C13H18Br2N2O2S. The van der Waals surface area contributed by atoms with Gasteiger partial charge in [-0.1, -0.05) is 35.2 Å². The Hall–Kier alpha value is -0.110. The molecule has 1 aromatic carbocycles. The summed E-state index contributed by atoms with van der Waals surface area (Å²) in [6.07, 6.45) is 4.99. The van der Waals surface area contributed by atoms with E-state index in [0.29, 0.717) is 4.47 Å². The molecule has 0 heterocycles. The van der Waals surface area contributed by atoms with Crippen LogP contribution in [0, 0.1) is 0 Å². The largest absolute Gasteiger partial charge is 0.398 e. The molecule has 0 amide bonds. The Morgan fingerprint density at radius 2 is 1.80 bits per heavy atom. The molecule has 7 heteroatoms. The molecule has 0 atom stereocenters. The Balaban J connectivity index is 2.36. The standard InChI is InChI=1S/C13H18Br2N2O2S/c1-13(5-3-2-4-6-13)17-20(18,19)12-10(15)7-9(14)8-11(12)16/h7-8,17H,2-6,16H2,1H3. The fourth-order valence-electron chi connectivity index (χ4n) is 2.67. The van der Waals surface area contributed by atoms with E-state index >= 15 is 0 Å². The highest BCUT2D eigenvalue weighted by Crippen LogP contribution is 2.34. The molecule has 112 valence electrons. The first-order valence-corrected chi connectivity index (χ1v) is 9.59. The number of nitrogens with two attached hydrogens (primary N) is 1. The normalized spacial score (nSPS) is 18.9. The van der Waals surface area contributed by atoms with Crippen LogP contribution in [0.3, 0.4) is 0 Å². The van der Waals surface area contributed by atoms with Crippen LogP contribution in [0.15, 0.2) is 26.0 Å². The van der Waals surface area contributed by atoms with Crippen molar-refractivity contribution in [3.8, 4) is 0 Å². The molecule has 1 aliphatic rings. The highest BCUT2D eigenvalue weighted by atomic mass is 79.9. The van der Waals surface area contributed by atoms with Gasteiger partial charge in [0.15, 0.2) is 0 Å². The third kappa shape index (κ3) is 3.55. The summed E-state index contributed by atoms with van der Waals surface area (Å²) < 4.78 is 29.3. The van der Waals surface area contributed by atoms with Crippen molar-refractivity contribution in [1.82, 2.24) is 4.72 Å². The van der Waals surface area contributed by atoms with Crippen LogP contribution in [0.25, 0.3) is 0 Å². The van der Waals surface area contributed by atoms with Crippen molar-refractivity contribution in [2.75, 3.05) is 5.73 Å². The first-order valence-electron chi connectivity index (χ1n) is 6.52. The molecule has 1 aliphatic carbocycles. The fraction of sp³-hybridized carbons (Fsp3) is 0.538. The van der Waals surface area contributed by atoms with E-state index < -0.39 is 10.0 Å². The molecule has 3 N–H and O–H groups in total. The lowest BCUT2D eigenvalue weighted by Crippen LogP contribution is -2.47. The van der Waals surface area contributed by atoms with Crippen LogP contribution in [-0.4, -0.2) is 14.0 Å². The van der Waals surface area contributed by atoms with Crippen LogP contribution < -0.4 is 10.5 Å². The number of nitrogen functional groups attached to an aromatic ring is 1. The predicted molar refractivity (Wildman–Crippen MR) is 88.1 cm³/mol. The number of anilines is 1. The van der Waals surface area contributed by atoms with Gasteiger partial charge >= 0.3 is 0 Å². The molecule has 0 radical (unpaired) electrons. The Labute approximate surface area is 136 Å². The van der Waals surface area contributed by atoms with Crippen molar-refractivity contribution >= 4 is 47.6 Å². The maximum atomic E-state index is 12.6. The number of hydrogen-bond donors (Lipinski definition) is 2. The number of sulfonamides is 1. The highest BCUT2D eigenvalue weighted by Gasteiger charge is 2.33.